The molecule has 0 radical (unpaired) electrons. The Hall–Kier alpha value is -2.74. The van der Waals surface area contributed by atoms with E-state index in [4.69, 9.17) is 4.42 Å². The maximum Gasteiger partial charge on any atom is 0.320 e. The molecule has 0 N–H and O–H groups in total. The normalized spacial score (nSPS) is 11.6. The highest BCUT2D eigenvalue weighted by atomic mass is 32.2. The maximum absolute atomic E-state index is 13.5. The number of thioether (sulfide) groups is 1. The summed E-state index contributed by atoms with van der Waals surface area (Å²) in [7, 11) is 0. The van der Waals surface area contributed by atoms with Crippen LogP contribution in [0.1, 0.15) is 23.5 Å². The lowest BCUT2D eigenvalue weighted by Crippen LogP contribution is -2.03. The third-order valence-electron chi connectivity index (χ3n) is 4.35. The molecule has 0 saturated heterocycles. The van der Waals surface area contributed by atoms with E-state index in [0.717, 1.165) is 15.7 Å². The highest BCUT2D eigenvalue weighted by Gasteiger charge is 2.19. The van der Waals surface area contributed by atoms with Crippen molar-refractivity contribution < 1.29 is 13.2 Å². The van der Waals surface area contributed by atoms with Crippen LogP contribution in [0.2, 0.25) is 0 Å². The fourth-order valence-corrected chi connectivity index (χ4v) is 3.49. The highest BCUT2D eigenvalue weighted by molar-refractivity contribution is 7.98. The summed E-state index contributed by atoms with van der Waals surface area (Å²) in [5.74, 6) is 0.873. The largest absolute Gasteiger partial charge is 0.411 e. The standard InChI is InChI=1S/C19H16F2N4OS/c1-11-7-8-13(9-12(11)2)17-23-24-19(26-17)27-10-16-22-14-5-3-4-6-15(14)25(16)18(20)21/h3-9,18H,10H2,1-2H3. The number of fused-ring (bicyclic) bond motifs is 1. The third-order valence-corrected chi connectivity index (χ3v) is 5.16. The Bertz CT molecular complexity index is 1110. The molecule has 0 aliphatic heterocycles. The topological polar surface area (TPSA) is 56.7 Å². The summed E-state index contributed by atoms with van der Waals surface area (Å²) < 4.78 is 33.6. The summed E-state index contributed by atoms with van der Waals surface area (Å²) in [4.78, 5) is 4.31. The van der Waals surface area contributed by atoms with E-state index in [-0.39, 0.29) is 11.6 Å². The van der Waals surface area contributed by atoms with Crippen molar-refractivity contribution in [2.24, 2.45) is 0 Å². The van der Waals surface area contributed by atoms with Crippen LogP contribution in [0.15, 0.2) is 52.1 Å². The molecule has 0 bridgehead atoms. The second-order valence-electron chi connectivity index (χ2n) is 6.13. The van der Waals surface area contributed by atoms with Gasteiger partial charge in [-0.05, 0) is 49.2 Å². The first-order valence-corrected chi connectivity index (χ1v) is 9.29. The number of para-hydroxylation sites is 2. The van der Waals surface area contributed by atoms with E-state index in [1.807, 2.05) is 32.0 Å². The average molecular weight is 386 g/mol. The minimum Gasteiger partial charge on any atom is -0.411 e. The molecule has 8 heteroatoms. The van der Waals surface area contributed by atoms with Gasteiger partial charge in [0.1, 0.15) is 5.82 Å². The predicted octanol–water partition coefficient (Wildman–Crippen LogP) is 5.39. The van der Waals surface area contributed by atoms with Crippen molar-refractivity contribution in [2.75, 3.05) is 0 Å². The summed E-state index contributed by atoms with van der Waals surface area (Å²) in [6, 6.07) is 12.7. The number of benzene rings is 2. The second-order valence-corrected chi connectivity index (χ2v) is 7.05. The van der Waals surface area contributed by atoms with Crippen LogP contribution in [0.25, 0.3) is 22.5 Å². The molecule has 2 aromatic carbocycles. The van der Waals surface area contributed by atoms with E-state index in [0.29, 0.717) is 22.1 Å². The van der Waals surface area contributed by atoms with Crippen LogP contribution in [0, 0.1) is 13.8 Å². The zero-order chi connectivity index (χ0) is 19.0. The van der Waals surface area contributed by atoms with Crippen molar-refractivity contribution in [1.82, 2.24) is 19.7 Å². The molecule has 2 aromatic heterocycles. The molecule has 0 saturated carbocycles. The number of imidazole rings is 1. The number of alkyl halides is 2. The first-order chi connectivity index (χ1) is 13.0. The summed E-state index contributed by atoms with van der Waals surface area (Å²) >= 11 is 1.19. The maximum atomic E-state index is 13.5. The SMILES string of the molecule is Cc1ccc(-c2nnc(SCc3nc4ccccc4n3C(F)F)o2)cc1C. The fraction of sp³-hybridized carbons (Fsp3) is 0.211. The van der Waals surface area contributed by atoms with Crippen molar-refractivity contribution in [2.45, 2.75) is 31.4 Å². The molecule has 0 unspecified atom stereocenters. The number of rotatable bonds is 5. The molecule has 0 spiro atoms. The summed E-state index contributed by atoms with van der Waals surface area (Å²) in [6.45, 7) is 1.38. The monoisotopic (exact) mass is 386 g/mol. The summed E-state index contributed by atoms with van der Waals surface area (Å²) in [5, 5.41) is 8.38. The quantitative estimate of drug-likeness (QED) is 0.430. The van der Waals surface area contributed by atoms with Gasteiger partial charge < -0.3 is 4.42 Å². The number of aromatic nitrogens is 4. The first-order valence-electron chi connectivity index (χ1n) is 8.31. The summed E-state index contributed by atoms with van der Waals surface area (Å²) in [6.07, 6.45) is 0. The van der Waals surface area contributed by atoms with Crippen molar-refractivity contribution in [3.05, 3.63) is 59.4 Å². The Labute approximate surface area is 158 Å². The molecule has 0 amide bonds. The van der Waals surface area contributed by atoms with Gasteiger partial charge in [-0.3, -0.25) is 4.57 Å². The Kier molecular flexibility index (Phi) is 4.65. The zero-order valence-corrected chi connectivity index (χ0v) is 15.5. The Morgan fingerprint density at radius 3 is 2.67 bits per heavy atom. The number of aryl methyl sites for hydroxylation is 2. The molecule has 0 fully saturated rings. The van der Waals surface area contributed by atoms with E-state index in [1.165, 1.54) is 17.3 Å². The molecule has 0 atom stereocenters. The molecule has 0 aliphatic rings. The molecule has 4 rings (SSSR count). The van der Waals surface area contributed by atoms with Crippen molar-refractivity contribution in [3.8, 4) is 11.5 Å². The predicted molar refractivity (Wildman–Crippen MR) is 99.8 cm³/mol. The van der Waals surface area contributed by atoms with Gasteiger partial charge in [-0.1, -0.05) is 30.0 Å². The Morgan fingerprint density at radius 1 is 1.07 bits per heavy atom. The molecular weight excluding hydrogens is 370 g/mol. The number of halogens is 2. The van der Waals surface area contributed by atoms with Gasteiger partial charge in [-0.25, -0.2) is 4.98 Å². The lowest BCUT2D eigenvalue weighted by Gasteiger charge is -2.06. The van der Waals surface area contributed by atoms with Crippen LogP contribution >= 0.6 is 11.8 Å². The van der Waals surface area contributed by atoms with Crippen molar-refractivity contribution in [1.29, 1.82) is 0 Å². The van der Waals surface area contributed by atoms with Crippen molar-refractivity contribution in [3.63, 3.8) is 0 Å². The van der Waals surface area contributed by atoms with E-state index >= 15 is 0 Å². The fourth-order valence-electron chi connectivity index (χ4n) is 2.80. The Morgan fingerprint density at radius 2 is 1.89 bits per heavy atom. The zero-order valence-electron chi connectivity index (χ0n) is 14.7. The van der Waals surface area contributed by atoms with Gasteiger partial charge in [0.2, 0.25) is 5.89 Å². The van der Waals surface area contributed by atoms with Crippen LogP contribution < -0.4 is 0 Å². The van der Waals surface area contributed by atoms with Gasteiger partial charge in [-0.15, -0.1) is 10.2 Å². The molecule has 2 heterocycles. The minimum atomic E-state index is -2.67. The van der Waals surface area contributed by atoms with E-state index in [1.54, 1.807) is 24.3 Å². The molecule has 138 valence electrons. The van der Waals surface area contributed by atoms with E-state index in [2.05, 4.69) is 15.2 Å². The number of nitrogens with zero attached hydrogens (tertiary/aromatic N) is 4. The molecule has 0 aliphatic carbocycles. The number of hydrogen-bond donors (Lipinski definition) is 0. The van der Waals surface area contributed by atoms with Gasteiger partial charge in [0.15, 0.2) is 0 Å². The van der Waals surface area contributed by atoms with Gasteiger partial charge in [0.25, 0.3) is 5.22 Å². The number of hydrogen-bond acceptors (Lipinski definition) is 5. The van der Waals surface area contributed by atoms with Crippen LogP contribution in [0.3, 0.4) is 0 Å². The smallest absolute Gasteiger partial charge is 0.320 e. The molecule has 27 heavy (non-hydrogen) atoms. The Balaban J connectivity index is 1.56. The minimum absolute atomic E-state index is 0.202. The molecule has 4 aromatic rings. The first kappa shape index (κ1) is 17.7. The van der Waals surface area contributed by atoms with Gasteiger partial charge in [0.05, 0.1) is 16.8 Å². The molecular formula is C19H16F2N4OS. The van der Waals surface area contributed by atoms with Crippen LogP contribution in [0.5, 0.6) is 0 Å². The average Bonchev–Trinajstić information content (AvgIpc) is 3.26. The van der Waals surface area contributed by atoms with Crippen LogP contribution in [0.4, 0.5) is 8.78 Å². The van der Waals surface area contributed by atoms with Crippen LogP contribution in [-0.2, 0) is 5.75 Å². The lowest BCUT2D eigenvalue weighted by molar-refractivity contribution is 0.0722. The second kappa shape index (κ2) is 7.11. The van der Waals surface area contributed by atoms with E-state index < -0.39 is 6.55 Å². The molecule has 5 nitrogen and oxygen atoms in total. The van der Waals surface area contributed by atoms with Gasteiger partial charge in [-0.2, -0.15) is 8.78 Å². The lowest BCUT2D eigenvalue weighted by atomic mass is 10.1. The third kappa shape index (κ3) is 3.44. The van der Waals surface area contributed by atoms with Gasteiger partial charge in [0, 0.05) is 5.56 Å². The highest BCUT2D eigenvalue weighted by Crippen LogP contribution is 2.29. The van der Waals surface area contributed by atoms with Gasteiger partial charge >= 0.3 is 6.55 Å². The summed E-state index contributed by atoms with van der Waals surface area (Å²) in [5.41, 5.74) is 4.08. The van der Waals surface area contributed by atoms with Crippen molar-refractivity contribution >= 4 is 22.8 Å². The van der Waals surface area contributed by atoms with Crippen LogP contribution in [-0.4, -0.2) is 19.7 Å². The van der Waals surface area contributed by atoms with E-state index in [9.17, 15) is 8.78 Å².